The molecule has 0 rings (SSSR count). The molecule has 0 aliphatic heterocycles. The van der Waals surface area contributed by atoms with Crippen molar-refractivity contribution in [1.82, 2.24) is 0 Å². The molecule has 0 aliphatic carbocycles. The Morgan fingerprint density at radius 2 is 0.868 bits per heavy atom. The van der Waals surface area contributed by atoms with E-state index in [1.54, 1.807) is 0 Å². The van der Waals surface area contributed by atoms with Crippen LogP contribution in [-0.2, 0) is 37.6 Å². The van der Waals surface area contributed by atoms with E-state index >= 15 is 0 Å². The highest BCUT2D eigenvalue weighted by Gasteiger charge is 2.62. The van der Waals surface area contributed by atoms with E-state index in [2.05, 4.69) is 7.74 Å². The monoisotopic (exact) mass is 644 g/mol. The van der Waals surface area contributed by atoms with Crippen molar-refractivity contribution in [3.63, 3.8) is 0 Å². The summed E-state index contributed by atoms with van der Waals surface area (Å²) < 4.78 is 127. The minimum atomic E-state index is -6.36. The number of hydrogen-bond donors (Lipinski definition) is 2. The molecule has 10 nitrogen and oxygen atoms in total. The van der Waals surface area contributed by atoms with Crippen LogP contribution in [0.4, 0.5) is 26.3 Å². The molecule has 0 spiro atoms. The van der Waals surface area contributed by atoms with Crippen LogP contribution in [0.15, 0.2) is 0 Å². The first-order valence-electron chi connectivity index (χ1n) is 11.0. The molecule has 0 unspecified atom stereocenters. The molecule has 0 aromatic heterocycles. The number of carbonyl (C=O) groups is 2. The first-order valence-corrected chi connectivity index (χ1v) is 18.4. The minimum Gasteiger partial charge on any atom is -0.481 e. The maximum absolute atomic E-state index is 12.4. The summed E-state index contributed by atoms with van der Waals surface area (Å²) in [5.74, 6) is -1.74. The molecule has 228 valence electrons. The van der Waals surface area contributed by atoms with Crippen LogP contribution in [0.5, 0.6) is 0 Å². The Hall–Kier alpha value is -1.23. The Morgan fingerprint density at radius 3 is 1.00 bits per heavy atom. The SMILES string of the molecule is CC(C)[Si](CC(=O)O)(CC(=O)O)C(C)C.CC(C)[Si](OS(=O)(=O)C(F)(F)F)(OS(=O)(=O)C(F)(F)F)C(C)C. The fourth-order valence-electron chi connectivity index (χ4n) is 3.61. The standard InChI is InChI=1S/C10H20O4Si.C8H14F6O6S2Si/c1-7(2)15(8(3)4,5-9(11)12)6-10(13)14;1-5(2)23(6(3)4,19-21(15,16)7(9,10)11)20-22(17,18)8(12,13)14/h7-8H,5-6H2,1-4H3,(H,11,12)(H,13,14);5-6H,1-4H3. The Morgan fingerprint density at radius 1 is 0.632 bits per heavy atom. The third-order valence-electron chi connectivity index (χ3n) is 5.92. The van der Waals surface area contributed by atoms with Crippen molar-refractivity contribution < 1.29 is 70.7 Å². The van der Waals surface area contributed by atoms with Crippen molar-refractivity contribution in [3.05, 3.63) is 0 Å². The second-order valence-electron chi connectivity index (χ2n) is 9.68. The first-order chi connectivity index (χ1) is 16.5. The van der Waals surface area contributed by atoms with Gasteiger partial charge in [0.2, 0.25) is 0 Å². The van der Waals surface area contributed by atoms with Gasteiger partial charge >= 0.3 is 51.8 Å². The van der Waals surface area contributed by atoms with E-state index in [-0.39, 0.29) is 23.2 Å². The normalized spacial score (nSPS) is 14.2. The van der Waals surface area contributed by atoms with Gasteiger partial charge in [0.1, 0.15) is 0 Å². The van der Waals surface area contributed by atoms with Crippen molar-refractivity contribution in [1.29, 1.82) is 0 Å². The summed E-state index contributed by atoms with van der Waals surface area (Å²) in [5.41, 5.74) is -14.3. The van der Waals surface area contributed by atoms with Crippen molar-refractivity contribution in [2.24, 2.45) is 0 Å². The van der Waals surface area contributed by atoms with E-state index < -0.39 is 70.9 Å². The molecule has 0 heterocycles. The van der Waals surface area contributed by atoms with Gasteiger partial charge in [-0.1, -0.05) is 55.4 Å². The van der Waals surface area contributed by atoms with Crippen molar-refractivity contribution in [2.75, 3.05) is 0 Å². The summed E-state index contributed by atoms with van der Waals surface area (Å²) in [6.07, 6.45) is 0. The van der Waals surface area contributed by atoms with Gasteiger partial charge in [0.15, 0.2) is 0 Å². The quantitative estimate of drug-likeness (QED) is 0.160. The van der Waals surface area contributed by atoms with Gasteiger partial charge in [-0.05, 0) is 22.2 Å². The lowest BCUT2D eigenvalue weighted by Gasteiger charge is -2.36. The number of hydrogen-bond acceptors (Lipinski definition) is 8. The number of rotatable bonds is 12. The summed E-state index contributed by atoms with van der Waals surface area (Å²) >= 11 is 0. The smallest absolute Gasteiger partial charge is 0.481 e. The Balaban J connectivity index is 0. The minimum absolute atomic E-state index is 0.0502. The third-order valence-corrected chi connectivity index (χ3v) is 20.6. The Labute approximate surface area is 220 Å². The van der Waals surface area contributed by atoms with Gasteiger partial charge in [0, 0.05) is 12.1 Å². The zero-order valence-electron chi connectivity index (χ0n) is 22.0. The highest BCUT2D eigenvalue weighted by Crippen LogP contribution is 2.42. The number of carboxylic acids is 2. The van der Waals surface area contributed by atoms with Crippen molar-refractivity contribution in [2.45, 2.75) is 101 Å². The Kier molecular flexibility index (Phi) is 13.7. The molecule has 0 saturated carbocycles. The summed E-state index contributed by atoms with van der Waals surface area (Å²) in [7, 11) is -20.0. The second kappa shape index (κ2) is 13.4. The summed E-state index contributed by atoms with van der Waals surface area (Å²) in [6.45, 7) is 11.8. The first kappa shape index (κ1) is 38.9. The number of halogens is 6. The van der Waals surface area contributed by atoms with Crippen LogP contribution in [0.3, 0.4) is 0 Å². The van der Waals surface area contributed by atoms with Gasteiger partial charge in [-0.3, -0.25) is 17.3 Å². The molecule has 0 aromatic rings. The molecular weight excluding hydrogens is 610 g/mol. The van der Waals surface area contributed by atoms with Crippen molar-refractivity contribution in [3.8, 4) is 0 Å². The fraction of sp³-hybridized carbons (Fsp3) is 0.889. The zero-order chi connectivity index (χ0) is 31.3. The molecule has 38 heavy (non-hydrogen) atoms. The van der Waals surface area contributed by atoms with E-state index in [9.17, 15) is 52.8 Å². The van der Waals surface area contributed by atoms with E-state index in [1.165, 1.54) is 0 Å². The molecule has 0 fully saturated rings. The number of alkyl halides is 6. The van der Waals surface area contributed by atoms with E-state index in [1.807, 2.05) is 27.7 Å². The largest absolute Gasteiger partial charge is 0.522 e. The molecule has 0 saturated heterocycles. The number of carboxylic acid groups (broad SMARTS) is 2. The van der Waals surface area contributed by atoms with Crippen LogP contribution in [0, 0.1) is 0 Å². The topological polar surface area (TPSA) is 161 Å². The lowest BCUT2D eigenvalue weighted by atomic mass is 10.5. The van der Waals surface area contributed by atoms with Crippen LogP contribution < -0.4 is 0 Å². The number of aliphatic carboxylic acids is 2. The Bertz CT molecular complexity index is 941. The van der Waals surface area contributed by atoms with E-state index in [0.717, 1.165) is 27.7 Å². The van der Waals surface area contributed by atoms with Crippen LogP contribution in [0.1, 0.15) is 55.4 Å². The maximum Gasteiger partial charge on any atom is 0.522 e. The fourth-order valence-corrected chi connectivity index (χ4v) is 16.1. The second-order valence-corrected chi connectivity index (χ2v) is 23.0. The molecule has 0 radical (unpaired) electrons. The van der Waals surface area contributed by atoms with Crippen LogP contribution in [0.25, 0.3) is 0 Å². The van der Waals surface area contributed by atoms with Gasteiger partial charge in [0.05, 0.1) is 8.07 Å². The molecule has 0 aliphatic rings. The highest BCUT2D eigenvalue weighted by molar-refractivity contribution is 7.90. The van der Waals surface area contributed by atoms with Gasteiger partial charge < -0.3 is 10.2 Å². The summed E-state index contributed by atoms with van der Waals surface area (Å²) in [4.78, 5) is 21.7. The van der Waals surface area contributed by atoms with Crippen molar-refractivity contribution >= 4 is 48.8 Å². The molecule has 2 N–H and O–H groups in total. The average Bonchev–Trinajstić information content (AvgIpc) is 2.63. The van der Waals surface area contributed by atoms with Crippen LogP contribution in [-0.4, -0.2) is 66.6 Å². The van der Waals surface area contributed by atoms with Gasteiger partial charge in [0.25, 0.3) is 0 Å². The van der Waals surface area contributed by atoms with E-state index in [4.69, 9.17) is 10.2 Å². The highest BCUT2D eigenvalue weighted by atomic mass is 32.2. The summed E-state index contributed by atoms with van der Waals surface area (Å²) in [5, 5.41) is 17.8. The van der Waals surface area contributed by atoms with Crippen LogP contribution >= 0.6 is 0 Å². The lowest BCUT2D eigenvalue weighted by Crippen LogP contribution is -2.54. The molecule has 20 heteroatoms. The van der Waals surface area contributed by atoms with Gasteiger partial charge in [-0.25, -0.2) is 0 Å². The molecule has 0 amide bonds. The zero-order valence-corrected chi connectivity index (χ0v) is 25.6. The van der Waals surface area contributed by atoms with Gasteiger partial charge in [-0.15, -0.1) is 0 Å². The van der Waals surface area contributed by atoms with Gasteiger partial charge in [-0.2, -0.15) is 43.2 Å². The predicted octanol–water partition coefficient (Wildman–Crippen LogP) is 5.41. The molecule has 0 bridgehead atoms. The lowest BCUT2D eigenvalue weighted by molar-refractivity contribution is -0.134. The summed E-state index contributed by atoms with van der Waals surface area (Å²) in [6, 6.07) is 0.100. The molecule has 0 atom stereocenters. The van der Waals surface area contributed by atoms with Crippen LogP contribution in [0.2, 0.25) is 34.3 Å². The van der Waals surface area contributed by atoms with E-state index in [0.29, 0.717) is 0 Å². The molecular formula is C18H34F6O10S2Si2. The average molecular weight is 645 g/mol. The maximum atomic E-state index is 12.4. The predicted molar refractivity (Wildman–Crippen MR) is 129 cm³/mol. The molecule has 0 aromatic carbocycles. The third kappa shape index (κ3) is 10.1.